The molecule has 34 heavy (non-hydrogen) atoms. The van der Waals surface area contributed by atoms with Crippen LogP contribution in [0.15, 0.2) is 67.5 Å². The molecular formula is C24H18F3N5OS. The number of hydrogen-bond acceptors (Lipinski definition) is 4. The Balaban J connectivity index is 1.74. The second kappa shape index (κ2) is 10.1. The van der Waals surface area contributed by atoms with Crippen molar-refractivity contribution in [3.05, 3.63) is 95.3 Å². The van der Waals surface area contributed by atoms with Crippen molar-refractivity contribution in [3.63, 3.8) is 0 Å². The molecule has 3 N–H and O–H groups in total. The zero-order valence-corrected chi connectivity index (χ0v) is 18.6. The van der Waals surface area contributed by atoms with Crippen LogP contribution < -0.4 is 16.0 Å². The predicted octanol–water partition coefficient (Wildman–Crippen LogP) is 5.49. The van der Waals surface area contributed by atoms with Gasteiger partial charge in [0.2, 0.25) is 0 Å². The molecule has 0 saturated heterocycles. The van der Waals surface area contributed by atoms with Gasteiger partial charge in [0, 0.05) is 40.6 Å². The standard InChI is InChI=1S/C24H18F3N5OS/c1-14-5-6-16(10-21(14)32-23(34)30-15(2)18-4-3-9-29-13-18)22(33)31-19-8-7-17(12-28)20(11-19)24(25,26)27/h3-11,13H,2H2,1H3,(H,31,33)(H2,30,32,34). The minimum atomic E-state index is -4.73. The molecule has 0 unspecified atom stereocenters. The van der Waals surface area contributed by atoms with Gasteiger partial charge in [-0.05, 0) is 67.2 Å². The first-order valence-electron chi connectivity index (χ1n) is 9.79. The van der Waals surface area contributed by atoms with Gasteiger partial charge in [-0.1, -0.05) is 12.6 Å². The summed E-state index contributed by atoms with van der Waals surface area (Å²) in [6.07, 6.45) is -1.47. The average Bonchev–Trinajstić information content (AvgIpc) is 2.80. The van der Waals surface area contributed by atoms with Gasteiger partial charge in [-0.25, -0.2) is 0 Å². The highest BCUT2D eigenvalue weighted by atomic mass is 32.1. The van der Waals surface area contributed by atoms with Crippen molar-refractivity contribution in [2.24, 2.45) is 0 Å². The predicted molar refractivity (Wildman–Crippen MR) is 128 cm³/mol. The molecule has 0 radical (unpaired) electrons. The zero-order chi connectivity index (χ0) is 24.9. The molecule has 1 heterocycles. The van der Waals surface area contributed by atoms with Crippen LogP contribution in [0.3, 0.4) is 0 Å². The number of amides is 1. The van der Waals surface area contributed by atoms with E-state index in [1.54, 1.807) is 31.5 Å². The summed E-state index contributed by atoms with van der Waals surface area (Å²) in [4.78, 5) is 16.7. The number of thiocarbonyl (C=S) groups is 1. The lowest BCUT2D eigenvalue weighted by Gasteiger charge is -2.15. The number of carbonyl (C=O) groups is 1. The molecule has 3 aromatic rings. The first kappa shape index (κ1) is 24.4. The fraction of sp³-hybridized carbons (Fsp3) is 0.0833. The van der Waals surface area contributed by atoms with E-state index < -0.39 is 23.2 Å². The number of nitrogens with one attached hydrogen (secondary N) is 3. The van der Waals surface area contributed by atoms with E-state index >= 15 is 0 Å². The van der Waals surface area contributed by atoms with Crippen molar-refractivity contribution in [2.75, 3.05) is 10.6 Å². The normalized spacial score (nSPS) is 10.7. The molecular weight excluding hydrogens is 463 g/mol. The van der Waals surface area contributed by atoms with Crippen LogP contribution in [-0.2, 0) is 6.18 Å². The summed E-state index contributed by atoms with van der Waals surface area (Å²) in [5.41, 5.74) is 1.04. The summed E-state index contributed by atoms with van der Waals surface area (Å²) in [5.74, 6) is -0.625. The molecule has 2 aromatic carbocycles. The van der Waals surface area contributed by atoms with Crippen molar-refractivity contribution in [1.82, 2.24) is 10.3 Å². The molecule has 0 aliphatic rings. The Morgan fingerprint density at radius 2 is 1.88 bits per heavy atom. The van der Waals surface area contributed by atoms with Crippen molar-refractivity contribution in [3.8, 4) is 6.07 Å². The molecule has 0 saturated carbocycles. The molecule has 6 nitrogen and oxygen atoms in total. The lowest BCUT2D eigenvalue weighted by molar-refractivity contribution is -0.137. The number of alkyl halides is 3. The van der Waals surface area contributed by atoms with Gasteiger partial charge in [-0.15, -0.1) is 0 Å². The Kier molecular flexibility index (Phi) is 7.28. The lowest BCUT2D eigenvalue weighted by atomic mass is 10.1. The Bertz CT molecular complexity index is 1300. The third-order valence-corrected chi connectivity index (χ3v) is 4.93. The molecule has 3 rings (SSSR count). The van der Waals surface area contributed by atoms with Gasteiger partial charge in [-0.2, -0.15) is 18.4 Å². The van der Waals surface area contributed by atoms with E-state index in [4.69, 9.17) is 17.5 Å². The summed E-state index contributed by atoms with van der Waals surface area (Å²) in [6, 6.07) is 12.8. The summed E-state index contributed by atoms with van der Waals surface area (Å²) >= 11 is 5.32. The number of rotatable bonds is 5. The molecule has 0 fully saturated rings. The van der Waals surface area contributed by atoms with Crippen LogP contribution in [-0.4, -0.2) is 16.0 Å². The number of pyridine rings is 1. The Morgan fingerprint density at radius 3 is 2.53 bits per heavy atom. The van der Waals surface area contributed by atoms with Gasteiger partial charge in [0.1, 0.15) is 0 Å². The molecule has 1 aromatic heterocycles. The van der Waals surface area contributed by atoms with Crippen LogP contribution in [0.4, 0.5) is 24.5 Å². The number of nitriles is 1. The number of halogens is 3. The molecule has 0 atom stereocenters. The van der Waals surface area contributed by atoms with E-state index in [-0.39, 0.29) is 16.4 Å². The molecule has 0 aliphatic heterocycles. The SMILES string of the molecule is C=C(NC(=S)Nc1cc(C(=O)Nc2ccc(C#N)c(C(F)(F)F)c2)ccc1C)c1cccnc1. The van der Waals surface area contributed by atoms with Crippen LogP contribution >= 0.6 is 12.2 Å². The van der Waals surface area contributed by atoms with Gasteiger partial charge in [-0.3, -0.25) is 9.78 Å². The van der Waals surface area contributed by atoms with Gasteiger partial charge in [0.15, 0.2) is 5.11 Å². The van der Waals surface area contributed by atoms with E-state index in [0.717, 1.165) is 23.3 Å². The third kappa shape index (κ3) is 5.96. The summed E-state index contributed by atoms with van der Waals surface area (Å²) in [5, 5.41) is 17.5. The van der Waals surface area contributed by atoms with Gasteiger partial charge < -0.3 is 16.0 Å². The highest BCUT2D eigenvalue weighted by Gasteiger charge is 2.34. The zero-order valence-electron chi connectivity index (χ0n) is 17.8. The first-order valence-corrected chi connectivity index (χ1v) is 10.2. The maximum Gasteiger partial charge on any atom is 0.417 e. The molecule has 0 spiro atoms. The number of carbonyl (C=O) groups excluding carboxylic acids is 1. The fourth-order valence-corrected chi connectivity index (χ4v) is 3.19. The quantitative estimate of drug-likeness (QED) is 0.418. The van der Waals surface area contributed by atoms with Crippen molar-refractivity contribution in [2.45, 2.75) is 13.1 Å². The maximum atomic E-state index is 13.2. The Morgan fingerprint density at radius 1 is 1.12 bits per heavy atom. The summed E-state index contributed by atoms with van der Waals surface area (Å²) < 4.78 is 39.6. The van der Waals surface area contributed by atoms with Crippen molar-refractivity contribution in [1.29, 1.82) is 5.26 Å². The number of aryl methyl sites for hydroxylation is 1. The average molecular weight is 482 g/mol. The highest BCUT2D eigenvalue weighted by molar-refractivity contribution is 7.80. The minimum Gasteiger partial charge on any atom is -0.332 e. The largest absolute Gasteiger partial charge is 0.417 e. The van der Waals surface area contributed by atoms with Gasteiger partial charge >= 0.3 is 6.18 Å². The van der Waals surface area contributed by atoms with Gasteiger partial charge in [0.25, 0.3) is 5.91 Å². The van der Waals surface area contributed by atoms with E-state index in [9.17, 15) is 18.0 Å². The smallest absolute Gasteiger partial charge is 0.332 e. The Labute approximate surface area is 199 Å². The molecule has 0 aliphatic carbocycles. The second-order valence-corrected chi connectivity index (χ2v) is 7.56. The van der Waals surface area contributed by atoms with E-state index in [2.05, 4.69) is 27.5 Å². The van der Waals surface area contributed by atoms with Gasteiger partial charge in [0.05, 0.1) is 17.2 Å². The van der Waals surface area contributed by atoms with Crippen LogP contribution in [0.1, 0.15) is 32.6 Å². The van der Waals surface area contributed by atoms with Crippen LogP contribution in [0.25, 0.3) is 5.70 Å². The topological polar surface area (TPSA) is 89.8 Å². The number of benzene rings is 2. The Hall–Kier alpha value is -4.23. The maximum absolute atomic E-state index is 13.2. The third-order valence-electron chi connectivity index (χ3n) is 4.73. The molecule has 0 bridgehead atoms. The van der Waals surface area contributed by atoms with E-state index in [1.165, 1.54) is 24.3 Å². The molecule has 172 valence electrons. The van der Waals surface area contributed by atoms with Crippen LogP contribution in [0.2, 0.25) is 0 Å². The van der Waals surface area contributed by atoms with E-state index in [1.807, 2.05) is 6.07 Å². The first-order chi connectivity index (χ1) is 16.1. The molecule has 10 heteroatoms. The molecule has 1 amide bonds. The number of nitrogens with zero attached hydrogens (tertiary/aromatic N) is 2. The number of hydrogen-bond donors (Lipinski definition) is 3. The summed E-state index contributed by atoms with van der Waals surface area (Å²) in [7, 11) is 0. The number of aromatic nitrogens is 1. The van der Waals surface area contributed by atoms with E-state index in [0.29, 0.717) is 11.4 Å². The monoisotopic (exact) mass is 481 g/mol. The summed E-state index contributed by atoms with van der Waals surface area (Å²) in [6.45, 7) is 5.72. The van der Waals surface area contributed by atoms with Crippen LogP contribution in [0, 0.1) is 18.3 Å². The van der Waals surface area contributed by atoms with Crippen molar-refractivity contribution >= 4 is 40.3 Å². The highest BCUT2D eigenvalue weighted by Crippen LogP contribution is 2.33. The minimum absolute atomic E-state index is 0.0867. The lowest BCUT2D eigenvalue weighted by Crippen LogP contribution is -2.27. The number of anilines is 2. The fourth-order valence-electron chi connectivity index (χ4n) is 2.96. The van der Waals surface area contributed by atoms with Crippen molar-refractivity contribution < 1.29 is 18.0 Å². The van der Waals surface area contributed by atoms with Crippen LogP contribution in [0.5, 0.6) is 0 Å². The second-order valence-electron chi connectivity index (χ2n) is 7.15.